The SMILES string of the molecule is CC(=O)COc1ccc(C)cc1.CC(=O)COc1ccc(C=O)cc1.CC(=O)COc1ccc(Cl)cc1Cl.CC(=O)COc1ccc(F)cc1.CC(=O)COc1ccccc1[N+](=O)[O-].COc1ccc(OCC(C)=O)cc1.[C-]#[N+]c1cccc(OCC(C)=O)c1. The lowest BCUT2D eigenvalue weighted by Gasteiger charge is -2.05. The molecule has 7 aromatic carbocycles. The van der Waals surface area contributed by atoms with E-state index < -0.39 is 4.92 Å². The van der Waals surface area contributed by atoms with E-state index in [-0.39, 0.29) is 104 Å². The molecule has 476 valence electrons. The van der Waals surface area contributed by atoms with Crippen LogP contribution in [0.5, 0.6) is 46.0 Å². The van der Waals surface area contributed by atoms with Gasteiger partial charge in [0.05, 0.1) is 23.6 Å². The third-order valence-corrected chi connectivity index (χ3v) is 10.4. The van der Waals surface area contributed by atoms with E-state index in [0.717, 1.165) is 17.8 Å². The highest BCUT2D eigenvalue weighted by atomic mass is 35.5. The number of carbonyl (C=O) groups is 8. The lowest BCUT2D eigenvalue weighted by molar-refractivity contribution is -0.385. The Hall–Kier alpha value is -10.3. The number of benzene rings is 7. The molecule has 23 heteroatoms. The van der Waals surface area contributed by atoms with Crippen molar-refractivity contribution in [2.24, 2.45) is 0 Å². The van der Waals surface area contributed by atoms with E-state index in [1.54, 1.807) is 110 Å². The maximum absolute atomic E-state index is 12.4. The number of aldehydes is 1. The van der Waals surface area contributed by atoms with E-state index in [1.807, 2.05) is 31.2 Å². The van der Waals surface area contributed by atoms with Crippen molar-refractivity contribution in [2.75, 3.05) is 53.4 Å². The minimum absolute atomic E-state index is 0.0100. The van der Waals surface area contributed by atoms with Crippen LogP contribution < -0.4 is 37.9 Å². The number of ether oxygens (including phenoxy) is 8. The van der Waals surface area contributed by atoms with Gasteiger partial charge < -0.3 is 37.9 Å². The first-order valence-corrected chi connectivity index (χ1v) is 27.5. The number of nitrogens with zero attached hydrogens (tertiary/aromatic N) is 2. The predicted molar refractivity (Wildman–Crippen MR) is 338 cm³/mol. The summed E-state index contributed by atoms with van der Waals surface area (Å²) in [7, 11) is 1.60. The lowest BCUT2D eigenvalue weighted by Crippen LogP contribution is -2.07. The molecule has 0 bridgehead atoms. The summed E-state index contributed by atoms with van der Waals surface area (Å²) in [6.45, 7) is 19.2. The lowest BCUT2D eigenvalue weighted by atomic mass is 10.2. The molecule has 0 atom stereocenters. The van der Waals surface area contributed by atoms with Crippen LogP contribution in [0.3, 0.4) is 0 Å². The summed E-state index contributed by atoms with van der Waals surface area (Å²) >= 11 is 11.5. The van der Waals surface area contributed by atoms with E-state index in [4.69, 9.17) is 67.7 Å². The third-order valence-electron chi connectivity index (χ3n) is 9.89. The van der Waals surface area contributed by atoms with Gasteiger partial charge in [0, 0.05) is 16.7 Å². The van der Waals surface area contributed by atoms with Crippen molar-refractivity contribution in [1.29, 1.82) is 0 Å². The number of para-hydroxylation sites is 2. The molecule has 0 aromatic heterocycles. The van der Waals surface area contributed by atoms with Gasteiger partial charge in [0.2, 0.25) is 0 Å². The van der Waals surface area contributed by atoms with Crippen LogP contribution in [0.1, 0.15) is 64.4 Å². The number of methoxy groups -OCH3 is 1. The van der Waals surface area contributed by atoms with Crippen LogP contribution in [0.4, 0.5) is 15.8 Å². The van der Waals surface area contributed by atoms with Crippen LogP contribution in [0, 0.1) is 29.4 Å². The van der Waals surface area contributed by atoms with Crippen molar-refractivity contribution in [3.63, 3.8) is 0 Å². The predicted octanol–water partition coefficient (Wildman–Crippen LogP) is 13.6. The van der Waals surface area contributed by atoms with E-state index >= 15 is 0 Å². The van der Waals surface area contributed by atoms with Gasteiger partial charge in [-0.1, -0.05) is 65.2 Å². The van der Waals surface area contributed by atoms with Gasteiger partial charge in [0.15, 0.2) is 51.9 Å². The van der Waals surface area contributed by atoms with Crippen LogP contribution in [0.2, 0.25) is 10.0 Å². The van der Waals surface area contributed by atoms with Gasteiger partial charge in [0.25, 0.3) is 0 Å². The molecular weight excluding hydrogens is 1210 g/mol. The van der Waals surface area contributed by atoms with Crippen molar-refractivity contribution in [1.82, 2.24) is 0 Å². The highest BCUT2D eigenvalue weighted by Gasteiger charge is 2.14. The summed E-state index contributed by atoms with van der Waals surface area (Å²) in [6, 6.07) is 44.4. The standard InChI is InChI=1S/C10H9NO2.C10H12O3.C10H10O3.C10H12O2.C9H8Cl2O2.C9H9FO2.C9H9NO4/c1-8(12)7-13-10-5-3-4-9(6-10)11-2;1-8(11)7-13-10-5-3-9(12-2)4-6-10;1-8(12)7-13-10-4-2-9(6-11)3-5-10;1-8-3-5-10(6-4-8)12-7-9(2)11;1-6(12)5-13-9-3-2-7(10)4-8(9)11;1-7(11)6-12-9-4-2-8(10)3-5-9;1-7(11)6-14-9-5-3-2-4-8(9)10(12)13/h3-6H,7H2,1H3;3-6H,7H2,1-2H3;2-6H,7H2,1H3;3-6H,7H2,1-2H3;2-4H,5H2,1H3;2-5H,6H2,1H3;2-5H,6H2,1H3. The fourth-order valence-electron chi connectivity index (χ4n) is 5.73. The second-order valence-corrected chi connectivity index (χ2v) is 19.3. The monoisotopic (exact) mass is 1280 g/mol. The Morgan fingerprint density at radius 2 is 0.856 bits per heavy atom. The molecule has 0 saturated carbocycles. The first-order chi connectivity index (χ1) is 42.7. The average Bonchev–Trinajstić information content (AvgIpc) is 3.14. The number of ketones is 7. The minimum Gasteiger partial charge on any atom is -0.497 e. The third kappa shape index (κ3) is 38.7. The largest absolute Gasteiger partial charge is 0.497 e. The Kier molecular flexibility index (Phi) is 38.9. The van der Waals surface area contributed by atoms with Gasteiger partial charge in [-0.15, -0.1) is 0 Å². The first-order valence-electron chi connectivity index (χ1n) is 26.8. The van der Waals surface area contributed by atoms with Crippen LogP contribution in [-0.2, 0) is 33.6 Å². The number of nitro benzene ring substituents is 1. The maximum atomic E-state index is 12.4. The van der Waals surface area contributed by atoms with Gasteiger partial charge >= 0.3 is 5.69 Å². The molecular formula is C67H69Cl2FN2O18. The topological polar surface area (TPSA) is 258 Å². The maximum Gasteiger partial charge on any atom is 0.310 e. The van der Waals surface area contributed by atoms with Crippen LogP contribution in [-0.4, -0.2) is 105 Å². The first kappa shape index (κ1) is 77.7. The van der Waals surface area contributed by atoms with E-state index in [2.05, 4.69) is 4.85 Å². The fraction of sp³-hybridized carbons (Fsp3) is 0.239. The van der Waals surface area contributed by atoms with Crippen molar-refractivity contribution in [2.45, 2.75) is 55.4 Å². The number of Topliss-reactive ketones (excluding diaryl/α,β-unsaturated/α-hetero) is 7. The normalized spacial score (nSPS) is 9.41. The molecule has 20 nitrogen and oxygen atoms in total. The molecule has 0 unspecified atom stereocenters. The van der Waals surface area contributed by atoms with Gasteiger partial charge in [-0.2, -0.15) is 0 Å². The zero-order valence-corrected chi connectivity index (χ0v) is 52.5. The number of carbonyl (C=O) groups excluding carboxylic acids is 8. The summed E-state index contributed by atoms with van der Waals surface area (Å²) in [5.41, 5.74) is 2.16. The quantitative estimate of drug-likeness (QED) is 0.0236. The molecule has 0 heterocycles. The number of aryl methyl sites for hydroxylation is 1. The number of hydrogen-bond donors (Lipinski definition) is 0. The molecule has 0 fully saturated rings. The smallest absolute Gasteiger partial charge is 0.310 e. The summed E-state index contributed by atoms with van der Waals surface area (Å²) in [5, 5.41) is 11.5. The molecule has 90 heavy (non-hydrogen) atoms. The number of hydrogen-bond acceptors (Lipinski definition) is 18. The summed E-state index contributed by atoms with van der Waals surface area (Å²) in [4.78, 5) is 97.5. The molecule has 0 N–H and O–H groups in total. The number of rotatable bonds is 24. The highest BCUT2D eigenvalue weighted by molar-refractivity contribution is 6.35. The van der Waals surface area contributed by atoms with E-state index in [1.165, 1.54) is 90.4 Å². The van der Waals surface area contributed by atoms with Crippen molar-refractivity contribution < 1.29 is 85.6 Å². The molecule has 0 spiro atoms. The molecule has 0 radical (unpaired) electrons. The molecule has 0 amide bonds. The number of halogens is 3. The molecule has 0 saturated heterocycles. The molecule has 0 aliphatic rings. The molecule has 7 aromatic rings. The molecule has 0 aliphatic heterocycles. The van der Waals surface area contributed by atoms with Gasteiger partial charge in [-0.3, -0.25) is 48.5 Å². The van der Waals surface area contributed by atoms with Crippen LogP contribution >= 0.6 is 23.2 Å². The Balaban J connectivity index is 0.000000525. The summed E-state index contributed by atoms with van der Waals surface area (Å²) < 4.78 is 53.0. The molecule has 7 rings (SSSR count). The highest BCUT2D eigenvalue weighted by Crippen LogP contribution is 2.28. The second kappa shape index (κ2) is 45.0. The van der Waals surface area contributed by atoms with Crippen molar-refractivity contribution in [3.05, 3.63) is 212 Å². The number of nitro groups is 1. The Bertz CT molecular complexity index is 3370. The van der Waals surface area contributed by atoms with Crippen LogP contribution in [0.25, 0.3) is 4.85 Å². The summed E-state index contributed by atoms with van der Waals surface area (Å²) in [6.07, 6.45) is 0.759. The zero-order valence-electron chi connectivity index (χ0n) is 51.0. The van der Waals surface area contributed by atoms with E-state index in [0.29, 0.717) is 50.0 Å². The fourth-order valence-corrected chi connectivity index (χ4v) is 6.19. The average molecular weight is 1280 g/mol. The van der Waals surface area contributed by atoms with Gasteiger partial charge in [-0.25, -0.2) is 9.24 Å². The minimum atomic E-state index is -0.546. The van der Waals surface area contributed by atoms with Crippen LogP contribution in [0.15, 0.2) is 164 Å². The van der Waals surface area contributed by atoms with Crippen molar-refractivity contribution in [3.8, 4) is 46.0 Å². The van der Waals surface area contributed by atoms with Gasteiger partial charge in [0.1, 0.15) is 98.6 Å². The van der Waals surface area contributed by atoms with Crippen molar-refractivity contribution >= 4 is 81.3 Å². The Labute approximate surface area is 531 Å². The van der Waals surface area contributed by atoms with Gasteiger partial charge in [-0.05, 0) is 177 Å². The summed E-state index contributed by atoms with van der Waals surface area (Å²) in [5.74, 6) is 3.84. The van der Waals surface area contributed by atoms with E-state index in [9.17, 15) is 52.9 Å². The Morgan fingerprint density at radius 3 is 1.26 bits per heavy atom. The second-order valence-electron chi connectivity index (χ2n) is 18.5. The Morgan fingerprint density at radius 1 is 0.478 bits per heavy atom. The zero-order chi connectivity index (χ0) is 67.4. The molecule has 0 aliphatic carbocycles.